The second-order valence-corrected chi connectivity index (χ2v) is 5.41. The quantitative estimate of drug-likeness (QED) is 0.489. The van der Waals surface area contributed by atoms with Crippen LogP contribution in [-0.2, 0) is 9.84 Å². The number of rotatable bonds is 4. The molecule has 0 heterocycles. The van der Waals surface area contributed by atoms with Gasteiger partial charge in [0.15, 0.2) is 9.84 Å². The number of benzene rings is 1. The van der Waals surface area contributed by atoms with Gasteiger partial charge in [-0.05, 0) is 18.6 Å². The molecule has 0 aliphatic heterocycles. The average Bonchev–Trinajstić information content (AvgIpc) is 2.17. The van der Waals surface area contributed by atoms with Crippen LogP contribution in [0.2, 0.25) is 0 Å². The maximum Gasteiger partial charge on any atom is 0.293 e. The summed E-state index contributed by atoms with van der Waals surface area (Å²) in [5.74, 6) is -0.0337. The van der Waals surface area contributed by atoms with Gasteiger partial charge in [0.05, 0.1) is 15.6 Å². The van der Waals surface area contributed by atoms with Crippen molar-refractivity contribution in [3.8, 4) is 0 Å². The lowest BCUT2D eigenvalue weighted by molar-refractivity contribution is -0.384. The third-order valence-electron chi connectivity index (χ3n) is 2.03. The normalized spacial score (nSPS) is 11.3. The number of hydrogen-bond acceptors (Lipinski definition) is 5. The molecule has 16 heavy (non-hydrogen) atoms. The first-order chi connectivity index (χ1) is 7.38. The second-order valence-electron chi connectivity index (χ2n) is 3.30. The molecule has 0 saturated carbocycles. The van der Waals surface area contributed by atoms with Crippen LogP contribution in [0.25, 0.3) is 0 Å². The number of nitro benzene ring substituents is 1. The topological polar surface area (TPSA) is 103 Å². The van der Waals surface area contributed by atoms with Gasteiger partial charge < -0.3 is 5.73 Å². The van der Waals surface area contributed by atoms with E-state index in [0.29, 0.717) is 6.42 Å². The molecule has 0 unspecified atom stereocenters. The Hall–Kier alpha value is -1.63. The zero-order valence-electron chi connectivity index (χ0n) is 8.71. The predicted octanol–water partition coefficient (Wildman–Crippen LogP) is 1.36. The molecule has 0 aromatic heterocycles. The highest BCUT2D eigenvalue weighted by atomic mass is 32.2. The van der Waals surface area contributed by atoms with Crippen molar-refractivity contribution in [2.24, 2.45) is 0 Å². The molecule has 0 radical (unpaired) electrons. The highest BCUT2D eigenvalue weighted by molar-refractivity contribution is 7.91. The van der Waals surface area contributed by atoms with Crippen molar-refractivity contribution in [1.29, 1.82) is 0 Å². The van der Waals surface area contributed by atoms with Crippen LogP contribution < -0.4 is 5.73 Å². The van der Waals surface area contributed by atoms with Crippen LogP contribution in [0.15, 0.2) is 23.1 Å². The molecule has 0 spiro atoms. The Morgan fingerprint density at radius 1 is 1.44 bits per heavy atom. The zero-order valence-corrected chi connectivity index (χ0v) is 9.53. The molecule has 0 fully saturated rings. The number of anilines is 1. The maximum atomic E-state index is 11.7. The van der Waals surface area contributed by atoms with Gasteiger partial charge in [0, 0.05) is 6.07 Å². The smallest absolute Gasteiger partial charge is 0.293 e. The summed E-state index contributed by atoms with van der Waals surface area (Å²) in [6.07, 6.45) is 0.459. The molecule has 0 aliphatic carbocycles. The molecule has 0 saturated heterocycles. The van der Waals surface area contributed by atoms with E-state index in [2.05, 4.69) is 0 Å². The van der Waals surface area contributed by atoms with Crippen LogP contribution in [-0.4, -0.2) is 19.1 Å². The standard InChI is InChI=1S/C9H12N2O4S/c1-2-5-16(14,15)7-3-4-8(10)9(6-7)11(12)13/h3-4,6H,2,5,10H2,1H3. The van der Waals surface area contributed by atoms with Crippen molar-refractivity contribution in [2.75, 3.05) is 11.5 Å². The van der Waals surface area contributed by atoms with Crippen molar-refractivity contribution in [1.82, 2.24) is 0 Å². The largest absolute Gasteiger partial charge is 0.393 e. The van der Waals surface area contributed by atoms with Crippen LogP contribution >= 0.6 is 0 Å². The minimum Gasteiger partial charge on any atom is -0.393 e. The molecule has 88 valence electrons. The fraction of sp³-hybridized carbons (Fsp3) is 0.333. The van der Waals surface area contributed by atoms with Gasteiger partial charge >= 0.3 is 0 Å². The van der Waals surface area contributed by atoms with Crippen molar-refractivity contribution < 1.29 is 13.3 Å². The van der Waals surface area contributed by atoms with Gasteiger partial charge in [-0.15, -0.1) is 0 Å². The molecular formula is C9H12N2O4S. The Balaban J connectivity index is 3.28. The average molecular weight is 244 g/mol. The Labute approximate surface area is 93.1 Å². The third kappa shape index (κ3) is 2.48. The molecule has 0 amide bonds. The van der Waals surface area contributed by atoms with E-state index in [1.54, 1.807) is 6.92 Å². The Morgan fingerprint density at radius 2 is 2.06 bits per heavy atom. The van der Waals surface area contributed by atoms with E-state index in [4.69, 9.17) is 5.73 Å². The van der Waals surface area contributed by atoms with Crippen molar-refractivity contribution in [3.05, 3.63) is 28.3 Å². The Kier molecular flexibility index (Phi) is 3.48. The third-order valence-corrected chi connectivity index (χ3v) is 3.95. The van der Waals surface area contributed by atoms with Gasteiger partial charge in [0.2, 0.25) is 0 Å². The number of nitrogen functional groups attached to an aromatic ring is 1. The van der Waals surface area contributed by atoms with Gasteiger partial charge in [-0.25, -0.2) is 8.42 Å². The number of sulfone groups is 1. The summed E-state index contributed by atoms with van der Waals surface area (Å²) in [6, 6.07) is 3.52. The number of nitrogens with two attached hydrogens (primary N) is 1. The van der Waals surface area contributed by atoms with Gasteiger partial charge in [-0.2, -0.15) is 0 Å². The lowest BCUT2D eigenvalue weighted by Crippen LogP contribution is -2.07. The summed E-state index contributed by atoms with van der Waals surface area (Å²) in [6.45, 7) is 1.73. The molecule has 1 aromatic carbocycles. The first kappa shape index (κ1) is 12.4. The fourth-order valence-electron chi connectivity index (χ4n) is 1.26. The number of nitro groups is 1. The van der Waals surface area contributed by atoms with E-state index in [1.807, 2.05) is 0 Å². The molecule has 1 rings (SSSR count). The van der Waals surface area contributed by atoms with E-state index in [-0.39, 0.29) is 22.0 Å². The summed E-state index contributed by atoms with van der Waals surface area (Å²) in [4.78, 5) is 9.84. The first-order valence-electron chi connectivity index (χ1n) is 4.65. The Bertz CT molecular complexity index is 510. The molecule has 7 heteroatoms. The van der Waals surface area contributed by atoms with E-state index in [9.17, 15) is 18.5 Å². The van der Waals surface area contributed by atoms with Crippen molar-refractivity contribution in [2.45, 2.75) is 18.2 Å². The van der Waals surface area contributed by atoms with Crippen LogP contribution in [0.4, 0.5) is 11.4 Å². The van der Waals surface area contributed by atoms with Gasteiger partial charge in [0.1, 0.15) is 5.69 Å². The SMILES string of the molecule is CCCS(=O)(=O)c1ccc(N)c([N+](=O)[O-])c1. The molecule has 1 aromatic rings. The molecule has 0 aliphatic rings. The first-order valence-corrected chi connectivity index (χ1v) is 6.30. The second kappa shape index (κ2) is 4.48. The van der Waals surface area contributed by atoms with E-state index < -0.39 is 14.8 Å². The van der Waals surface area contributed by atoms with Gasteiger partial charge in [0.25, 0.3) is 5.69 Å². The molecule has 2 N–H and O–H groups in total. The minimum atomic E-state index is -3.44. The van der Waals surface area contributed by atoms with Crippen molar-refractivity contribution in [3.63, 3.8) is 0 Å². The van der Waals surface area contributed by atoms with Crippen molar-refractivity contribution >= 4 is 21.2 Å². The summed E-state index contributed by atoms with van der Waals surface area (Å²) in [5.41, 5.74) is 4.95. The maximum absolute atomic E-state index is 11.7. The summed E-state index contributed by atoms with van der Waals surface area (Å²) < 4.78 is 23.3. The zero-order chi connectivity index (χ0) is 12.3. The minimum absolute atomic E-state index is 0.0337. The van der Waals surface area contributed by atoms with Gasteiger partial charge in [-0.1, -0.05) is 6.92 Å². The fourth-order valence-corrected chi connectivity index (χ4v) is 2.60. The summed E-state index contributed by atoms with van der Waals surface area (Å²) in [7, 11) is -3.44. The van der Waals surface area contributed by atoms with Crippen LogP contribution in [0.5, 0.6) is 0 Å². The highest BCUT2D eigenvalue weighted by Crippen LogP contribution is 2.25. The number of nitrogens with zero attached hydrogens (tertiary/aromatic N) is 1. The summed E-state index contributed by atoms with van der Waals surface area (Å²) in [5, 5.41) is 10.6. The monoisotopic (exact) mass is 244 g/mol. The van der Waals surface area contributed by atoms with Crippen LogP contribution in [0.3, 0.4) is 0 Å². The molecule has 6 nitrogen and oxygen atoms in total. The van der Waals surface area contributed by atoms with Crippen LogP contribution in [0, 0.1) is 10.1 Å². The van der Waals surface area contributed by atoms with Crippen LogP contribution in [0.1, 0.15) is 13.3 Å². The predicted molar refractivity (Wildman–Crippen MR) is 59.9 cm³/mol. The van der Waals surface area contributed by atoms with E-state index >= 15 is 0 Å². The summed E-state index contributed by atoms with van der Waals surface area (Å²) >= 11 is 0. The molecule has 0 atom stereocenters. The molecular weight excluding hydrogens is 232 g/mol. The lowest BCUT2D eigenvalue weighted by Gasteiger charge is -2.03. The molecule has 0 bridgehead atoms. The highest BCUT2D eigenvalue weighted by Gasteiger charge is 2.19. The number of hydrogen-bond donors (Lipinski definition) is 1. The van der Waals surface area contributed by atoms with E-state index in [0.717, 1.165) is 6.07 Å². The van der Waals surface area contributed by atoms with Gasteiger partial charge in [-0.3, -0.25) is 10.1 Å². The van der Waals surface area contributed by atoms with E-state index in [1.165, 1.54) is 12.1 Å². The Morgan fingerprint density at radius 3 is 2.56 bits per heavy atom. The lowest BCUT2D eigenvalue weighted by atomic mass is 10.3.